The van der Waals surface area contributed by atoms with E-state index >= 15 is 0 Å². The molecule has 5 nitrogen and oxygen atoms in total. The summed E-state index contributed by atoms with van der Waals surface area (Å²) >= 11 is 0. The zero-order valence-electron chi connectivity index (χ0n) is 17.0. The minimum absolute atomic E-state index is 0.211. The average molecular weight is 364 g/mol. The first-order chi connectivity index (χ1) is 12.3. The van der Waals surface area contributed by atoms with Crippen LogP contribution in [0.4, 0.5) is 10.1 Å². The van der Waals surface area contributed by atoms with Crippen LogP contribution in [0, 0.1) is 11.7 Å². The highest BCUT2D eigenvalue weighted by molar-refractivity contribution is 5.80. The average Bonchev–Trinajstić information content (AvgIpc) is 2.93. The summed E-state index contributed by atoms with van der Waals surface area (Å²) < 4.78 is 14.1. The first-order valence-corrected chi connectivity index (χ1v) is 9.56. The van der Waals surface area contributed by atoms with Crippen LogP contribution in [0.3, 0.4) is 0 Å². The van der Waals surface area contributed by atoms with Gasteiger partial charge in [0, 0.05) is 45.8 Å². The molecule has 1 aromatic carbocycles. The van der Waals surface area contributed by atoms with Crippen molar-refractivity contribution in [2.24, 2.45) is 10.9 Å². The molecule has 0 spiro atoms. The molecule has 0 bridgehead atoms. The molecule has 2 rings (SSSR count). The number of likely N-dealkylation sites (tertiary alicyclic amines) is 1. The molecular weight excluding hydrogens is 329 g/mol. The summed E-state index contributed by atoms with van der Waals surface area (Å²) in [5, 5.41) is 6.87. The van der Waals surface area contributed by atoms with Crippen molar-refractivity contribution in [2.75, 3.05) is 38.6 Å². The number of hydrogen-bond acceptors (Lipinski definition) is 3. The number of halogens is 1. The second-order valence-corrected chi connectivity index (χ2v) is 7.65. The Balaban J connectivity index is 2.04. The molecule has 2 atom stereocenters. The molecule has 1 aromatic rings. The third-order valence-corrected chi connectivity index (χ3v) is 4.95. The summed E-state index contributed by atoms with van der Waals surface area (Å²) in [5.74, 6) is 1.16. The Hall–Kier alpha value is -1.82. The number of rotatable bonds is 6. The predicted molar refractivity (Wildman–Crippen MR) is 108 cm³/mol. The molecule has 1 saturated heterocycles. The molecule has 2 unspecified atom stereocenters. The number of anilines is 1. The molecule has 1 heterocycles. The van der Waals surface area contributed by atoms with E-state index in [0.29, 0.717) is 30.2 Å². The molecule has 1 fully saturated rings. The lowest BCUT2D eigenvalue weighted by molar-refractivity contribution is 0.265. The molecule has 1 aliphatic heterocycles. The fourth-order valence-electron chi connectivity index (χ4n) is 3.29. The van der Waals surface area contributed by atoms with Crippen molar-refractivity contribution < 1.29 is 4.39 Å². The van der Waals surface area contributed by atoms with E-state index in [1.165, 1.54) is 0 Å². The molecular formula is C20H34FN5. The molecule has 2 N–H and O–H groups in total. The van der Waals surface area contributed by atoms with Crippen LogP contribution in [0.25, 0.3) is 0 Å². The molecule has 0 aromatic heterocycles. The molecule has 0 amide bonds. The molecule has 6 heteroatoms. The van der Waals surface area contributed by atoms with E-state index in [1.54, 1.807) is 17.0 Å². The van der Waals surface area contributed by atoms with Crippen molar-refractivity contribution in [3.8, 4) is 0 Å². The number of hydrogen-bond donors (Lipinski definition) is 2. The van der Waals surface area contributed by atoms with Gasteiger partial charge in [-0.2, -0.15) is 0 Å². The van der Waals surface area contributed by atoms with E-state index < -0.39 is 0 Å². The highest BCUT2D eigenvalue weighted by atomic mass is 19.1. The summed E-state index contributed by atoms with van der Waals surface area (Å²) in [5.41, 5.74) is 1.46. The fraction of sp³-hybridized carbons (Fsp3) is 0.650. The fourth-order valence-corrected chi connectivity index (χ4v) is 3.29. The van der Waals surface area contributed by atoms with Crippen LogP contribution in [0.5, 0.6) is 0 Å². The van der Waals surface area contributed by atoms with E-state index in [4.69, 9.17) is 0 Å². The minimum Gasteiger partial charge on any atom is -0.375 e. The zero-order chi connectivity index (χ0) is 19.3. The Labute approximate surface area is 157 Å². The van der Waals surface area contributed by atoms with Gasteiger partial charge in [0.1, 0.15) is 5.82 Å². The summed E-state index contributed by atoms with van der Waals surface area (Å²) in [6.45, 7) is 12.2. The summed E-state index contributed by atoms with van der Waals surface area (Å²) in [6.07, 6.45) is 0. The van der Waals surface area contributed by atoms with Crippen molar-refractivity contribution in [2.45, 2.75) is 46.3 Å². The number of guanidine groups is 1. The largest absolute Gasteiger partial charge is 0.375 e. The Morgan fingerprint density at radius 2 is 2.08 bits per heavy atom. The van der Waals surface area contributed by atoms with Crippen molar-refractivity contribution in [3.05, 3.63) is 29.6 Å². The standard InChI is InChI=1S/C20H34FN5/c1-7-22-20(24-18-13-26(14(2)3)12-15(18)4)23-11-16-8-9-19(25(5)6)17(21)10-16/h8-10,14-15,18H,7,11-13H2,1-6H3,(H2,22,23,24). The lowest BCUT2D eigenvalue weighted by atomic mass is 10.1. The third kappa shape index (κ3) is 5.34. The van der Waals surface area contributed by atoms with Gasteiger partial charge in [-0.1, -0.05) is 13.0 Å². The maximum atomic E-state index is 14.1. The molecule has 146 valence electrons. The smallest absolute Gasteiger partial charge is 0.191 e. The van der Waals surface area contributed by atoms with Gasteiger partial charge in [0.15, 0.2) is 5.96 Å². The Bertz CT molecular complexity index is 614. The number of benzene rings is 1. The Morgan fingerprint density at radius 1 is 1.35 bits per heavy atom. The maximum absolute atomic E-state index is 14.1. The van der Waals surface area contributed by atoms with Gasteiger partial charge in [0.05, 0.1) is 12.2 Å². The van der Waals surface area contributed by atoms with Gasteiger partial charge in [0.2, 0.25) is 0 Å². The van der Waals surface area contributed by atoms with E-state index in [-0.39, 0.29) is 5.82 Å². The van der Waals surface area contributed by atoms with Crippen LogP contribution in [0.15, 0.2) is 23.2 Å². The summed E-state index contributed by atoms with van der Waals surface area (Å²) in [7, 11) is 3.68. The van der Waals surface area contributed by atoms with E-state index in [9.17, 15) is 4.39 Å². The van der Waals surface area contributed by atoms with Crippen molar-refractivity contribution in [1.82, 2.24) is 15.5 Å². The van der Waals surface area contributed by atoms with Crippen molar-refractivity contribution in [3.63, 3.8) is 0 Å². The highest BCUT2D eigenvalue weighted by Gasteiger charge is 2.31. The SMILES string of the molecule is CCNC(=NCc1ccc(N(C)C)c(F)c1)NC1CN(C(C)C)CC1C. The number of nitrogens with one attached hydrogen (secondary N) is 2. The van der Waals surface area contributed by atoms with Gasteiger partial charge < -0.3 is 15.5 Å². The van der Waals surface area contributed by atoms with Gasteiger partial charge in [-0.25, -0.2) is 9.38 Å². The lowest BCUT2D eigenvalue weighted by Crippen LogP contribution is -2.46. The molecule has 0 aliphatic carbocycles. The quantitative estimate of drug-likeness (QED) is 0.602. The first-order valence-electron chi connectivity index (χ1n) is 9.56. The Morgan fingerprint density at radius 3 is 2.62 bits per heavy atom. The van der Waals surface area contributed by atoms with Crippen LogP contribution in [-0.4, -0.2) is 56.7 Å². The summed E-state index contributed by atoms with van der Waals surface area (Å²) in [6, 6.07) is 6.25. The van der Waals surface area contributed by atoms with Crippen LogP contribution in [0.2, 0.25) is 0 Å². The Kier molecular flexibility index (Phi) is 7.26. The van der Waals surface area contributed by atoms with E-state index in [0.717, 1.165) is 31.2 Å². The normalized spacial score (nSPS) is 21.3. The van der Waals surface area contributed by atoms with E-state index in [1.807, 2.05) is 20.2 Å². The van der Waals surface area contributed by atoms with Crippen LogP contribution in [-0.2, 0) is 6.54 Å². The van der Waals surface area contributed by atoms with Crippen LogP contribution >= 0.6 is 0 Å². The second-order valence-electron chi connectivity index (χ2n) is 7.65. The third-order valence-electron chi connectivity index (χ3n) is 4.95. The van der Waals surface area contributed by atoms with Crippen molar-refractivity contribution >= 4 is 11.6 Å². The molecule has 0 radical (unpaired) electrons. The van der Waals surface area contributed by atoms with Gasteiger partial charge >= 0.3 is 0 Å². The lowest BCUT2D eigenvalue weighted by Gasteiger charge is -2.22. The van der Waals surface area contributed by atoms with Gasteiger partial charge in [0.25, 0.3) is 0 Å². The first kappa shape index (κ1) is 20.5. The van der Waals surface area contributed by atoms with Gasteiger partial charge in [-0.05, 0) is 44.4 Å². The number of aliphatic imine (C=N–C) groups is 1. The zero-order valence-corrected chi connectivity index (χ0v) is 17.0. The summed E-state index contributed by atoms with van der Waals surface area (Å²) in [4.78, 5) is 8.92. The maximum Gasteiger partial charge on any atom is 0.191 e. The topological polar surface area (TPSA) is 42.9 Å². The van der Waals surface area contributed by atoms with Crippen LogP contribution in [0.1, 0.15) is 33.3 Å². The van der Waals surface area contributed by atoms with Gasteiger partial charge in [-0.3, -0.25) is 4.90 Å². The molecule has 1 aliphatic rings. The van der Waals surface area contributed by atoms with Crippen molar-refractivity contribution in [1.29, 1.82) is 0 Å². The highest BCUT2D eigenvalue weighted by Crippen LogP contribution is 2.20. The molecule has 26 heavy (non-hydrogen) atoms. The monoisotopic (exact) mass is 363 g/mol. The number of nitrogens with zero attached hydrogens (tertiary/aromatic N) is 3. The predicted octanol–water partition coefficient (Wildman–Crippen LogP) is 2.68. The molecule has 0 saturated carbocycles. The minimum atomic E-state index is -0.211. The van der Waals surface area contributed by atoms with E-state index in [2.05, 4.69) is 48.2 Å². The second kappa shape index (κ2) is 9.21. The van der Waals surface area contributed by atoms with Gasteiger partial charge in [-0.15, -0.1) is 0 Å². The van der Waals surface area contributed by atoms with Crippen LogP contribution < -0.4 is 15.5 Å².